The number of fused-ring (bicyclic) bond motifs is 1. The van der Waals surface area contributed by atoms with Crippen LogP contribution in [0.3, 0.4) is 0 Å². The summed E-state index contributed by atoms with van der Waals surface area (Å²) in [5.74, 6) is 0.864. The topological polar surface area (TPSA) is 33.2 Å². The maximum atomic E-state index is 12.9. The van der Waals surface area contributed by atoms with Gasteiger partial charge in [0.15, 0.2) is 0 Å². The molecule has 2 heterocycles. The number of aromatic nitrogens is 1. The molecule has 1 amide bonds. The van der Waals surface area contributed by atoms with Crippen molar-refractivity contribution >= 4 is 5.91 Å². The van der Waals surface area contributed by atoms with E-state index in [2.05, 4.69) is 44.0 Å². The summed E-state index contributed by atoms with van der Waals surface area (Å²) in [5.41, 5.74) is 5.36. The Labute approximate surface area is 144 Å². The Morgan fingerprint density at radius 3 is 2.62 bits per heavy atom. The quantitative estimate of drug-likeness (QED) is 0.789. The number of hydrogen-bond acceptors (Lipinski definition) is 2. The number of carbonyl (C=O) groups excluding carboxylic acids is 1. The van der Waals surface area contributed by atoms with Gasteiger partial charge in [-0.15, -0.1) is 0 Å². The molecule has 1 aromatic heterocycles. The Bertz CT molecular complexity index is 737. The average molecular weight is 322 g/mol. The van der Waals surface area contributed by atoms with Gasteiger partial charge >= 0.3 is 0 Å². The predicted molar refractivity (Wildman–Crippen MR) is 97.8 cm³/mol. The monoisotopic (exact) mass is 322 g/mol. The molecule has 1 unspecified atom stereocenters. The van der Waals surface area contributed by atoms with E-state index in [9.17, 15) is 4.79 Å². The number of hydrogen-bond donors (Lipinski definition) is 0. The highest BCUT2D eigenvalue weighted by atomic mass is 16.2. The molecule has 1 aromatic carbocycles. The van der Waals surface area contributed by atoms with Crippen molar-refractivity contribution in [3.63, 3.8) is 0 Å². The van der Waals surface area contributed by atoms with Gasteiger partial charge in [-0.2, -0.15) is 0 Å². The molecule has 0 fully saturated rings. The standard InChI is InChI=1S/C21H26N2O/c1-14(2)7-8-16(4)23-13-19-11-18(17-6-5-9-22-12-17)10-15(3)20(19)21(23)24/h5-6,9-12,14,16H,7-8,13H2,1-4H3. The molecule has 0 saturated heterocycles. The van der Waals surface area contributed by atoms with Crippen LogP contribution in [0.25, 0.3) is 11.1 Å². The van der Waals surface area contributed by atoms with Crippen molar-refractivity contribution in [3.8, 4) is 11.1 Å². The van der Waals surface area contributed by atoms with Crippen LogP contribution < -0.4 is 0 Å². The first kappa shape index (κ1) is 16.7. The van der Waals surface area contributed by atoms with Crippen molar-refractivity contribution in [2.45, 2.75) is 53.1 Å². The summed E-state index contributed by atoms with van der Waals surface area (Å²) in [7, 11) is 0. The van der Waals surface area contributed by atoms with Crippen LogP contribution in [0.5, 0.6) is 0 Å². The van der Waals surface area contributed by atoms with Gasteiger partial charge in [0.25, 0.3) is 5.91 Å². The first-order valence-corrected chi connectivity index (χ1v) is 8.82. The summed E-state index contributed by atoms with van der Waals surface area (Å²) < 4.78 is 0. The minimum atomic E-state index is 0.191. The Balaban J connectivity index is 1.87. The second-order valence-electron chi connectivity index (χ2n) is 7.32. The number of pyridine rings is 1. The van der Waals surface area contributed by atoms with Crippen molar-refractivity contribution < 1.29 is 4.79 Å². The highest BCUT2D eigenvalue weighted by molar-refractivity contribution is 6.00. The molecule has 1 aliphatic heterocycles. The highest BCUT2D eigenvalue weighted by Gasteiger charge is 2.32. The molecule has 3 heteroatoms. The molecule has 0 N–H and O–H groups in total. The summed E-state index contributed by atoms with van der Waals surface area (Å²) in [5, 5.41) is 0. The molecule has 0 radical (unpaired) electrons. The zero-order valence-corrected chi connectivity index (χ0v) is 15.0. The lowest BCUT2D eigenvalue weighted by Gasteiger charge is -2.25. The molecule has 3 rings (SSSR count). The van der Waals surface area contributed by atoms with Crippen LogP contribution in [0.4, 0.5) is 0 Å². The Morgan fingerprint density at radius 2 is 1.96 bits per heavy atom. The van der Waals surface area contributed by atoms with E-state index < -0.39 is 0 Å². The maximum Gasteiger partial charge on any atom is 0.255 e. The zero-order chi connectivity index (χ0) is 17.3. The Hall–Kier alpha value is -2.16. The van der Waals surface area contributed by atoms with Gasteiger partial charge in [-0.25, -0.2) is 0 Å². The van der Waals surface area contributed by atoms with Crippen molar-refractivity contribution in [2.75, 3.05) is 0 Å². The molecule has 2 aromatic rings. The fourth-order valence-corrected chi connectivity index (χ4v) is 3.48. The molecule has 126 valence electrons. The first-order valence-electron chi connectivity index (χ1n) is 8.82. The minimum Gasteiger partial charge on any atom is -0.332 e. The van der Waals surface area contributed by atoms with Gasteiger partial charge in [-0.05, 0) is 61.4 Å². The van der Waals surface area contributed by atoms with E-state index in [0.717, 1.165) is 47.2 Å². The lowest BCUT2D eigenvalue weighted by atomic mass is 9.97. The molecule has 1 atom stereocenters. The third kappa shape index (κ3) is 3.21. The number of benzene rings is 1. The van der Waals surface area contributed by atoms with E-state index in [1.54, 1.807) is 6.20 Å². The number of amides is 1. The van der Waals surface area contributed by atoms with E-state index in [1.165, 1.54) is 0 Å². The Morgan fingerprint density at radius 1 is 1.17 bits per heavy atom. The maximum absolute atomic E-state index is 12.9. The largest absolute Gasteiger partial charge is 0.332 e. The molecule has 3 nitrogen and oxygen atoms in total. The van der Waals surface area contributed by atoms with E-state index in [4.69, 9.17) is 0 Å². The molecule has 0 spiro atoms. The fourth-order valence-electron chi connectivity index (χ4n) is 3.48. The molecule has 0 saturated carbocycles. The van der Waals surface area contributed by atoms with Crippen LogP contribution in [-0.2, 0) is 6.54 Å². The van der Waals surface area contributed by atoms with Crippen molar-refractivity contribution in [1.82, 2.24) is 9.88 Å². The SMILES string of the molecule is Cc1cc(-c2cccnc2)cc2c1C(=O)N(C(C)CCC(C)C)C2. The van der Waals surface area contributed by atoms with E-state index >= 15 is 0 Å². The lowest BCUT2D eigenvalue weighted by molar-refractivity contribution is 0.0704. The van der Waals surface area contributed by atoms with Gasteiger partial charge in [0, 0.05) is 36.1 Å². The van der Waals surface area contributed by atoms with Gasteiger partial charge in [0.2, 0.25) is 0 Å². The molecule has 24 heavy (non-hydrogen) atoms. The third-order valence-electron chi connectivity index (χ3n) is 4.92. The van der Waals surface area contributed by atoms with Crippen LogP contribution in [0.15, 0.2) is 36.7 Å². The van der Waals surface area contributed by atoms with Crippen LogP contribution in [0.1, 0.15) is 55.1 Å². The average Bonchev–Trinajstić information content (AvgIpc) is 2.90. The summed E-state index contributed by atoms with van der Waals surface area (Å²) >= 11 is 0. The molecular weight excluding hydrogens is 296 g/mol. The van der Waals surface area contributed by atoms with Crippen molar-refractivity contribution in [3.05, 3.63) is 53.3 Å². The van der Waals surface area contributed by atoms with Crippen molar-refractivity contribution in [1.29, 1.82) is 0 Å². The van der Waals surface area contributed by atoms with Gasteiger partial charge < -0.3 is 4.90 Å². The summed E-state index contributed by atoms with van der Waals surface area (Å²) in [4.78, 5) is 19.1. The van der Waals surface area contributed by atoms with E-state index in [1.807, 2.05) is 24.1 Å². The van der Waals surface area contributed by atoms with Gasteiger partial charge in [-0.1, -0.05) is 26.0 Å². The van der Waals surface area contributed by atoms with Crippen LogP contribution in [0.2, 0.25) is 0 Å². The molecule has 1 aliphatic rings. The minimum absolute atomic E-state index is 0.191. The second-order valence-corrected chi connectivity index (χ2v) is 7.32. The number of nitrogens with zero attached hydrogens (tertiary/aromatic N) is 2. The van der Waals surface area contributed by atoms with E-state index in [0.29, 0.717) is 5.92 Å². The second kappa shape index (κ2) is 6.76. The first-order chi connectivity index (χ1) is 11.5. The van der Waals surface area contributed by atoms with Gasteiger partial charge in [0.1, 0.15) is 0 Å². The normalized spacial score (nSPS) is 15.0. The number of carbonyl (C=O) groups is 1. The molecule has 0 aliphatic carbocycles. The van der Waals surface area contributed by atoms with Gasteiger partial charge in [-0.3, -0.25) is 9.78 Å². The van der Waals surface area contributed by atoms with Crippen LogP contribution in [-0.4, -0.2) is 21.8 Å². The van der Waals surface area contributed by atoms with Crippen LogP contribution >= 0.6 is 0 Å². The predicted octanol–water partition coefficient (Wildman–Crippen LogP) is 4.84. The third-order valence-corrected chi connectivity index (χ3v) is 4.92. The number of rotatable bonds is 5. The highest BCUT2D eigenvalue weighted by Crippen LogP contribution is 2.33. The van der Waals surface area contributed by atoms with Gasteiger partial charge in [0.05, 0.1) is 0 Å². The van der Waals surface area contributed by atoms with E-state index in [-0.39, 0.29) is 11.9 Å². The number of aryl methyl sites for hydroxylation is 1. The van der Waals surface area contributed by atoms with Crippen LogP contribution in [0, 0.1) is 12.8 Å². The summed E-state index contributed by atoms with van der Waals surface area (Å²) in [6.45, 7) is 9.40. The smallest absolute Gasteiger partial charge is 0.255 e. The van der Waals surface area contributed by atoms with Crippen molar-refractivity contribution in [2.24, 2.45) is 5.92 Å². The zero-order valence-electron chi connectivity index (χ0n) is 15.0. The fraction of sp³-hybridized carbons (Fsp3) is 0.429. The molecular formula is C21H26N2O. The molecule has 0 bridgehead atoms. The summed E-state index contributed by atoms with van der Waals surface area (Å²) in [6.07, 6.45) is 5.87. The summed E-state index contributed by atoms with van der Waals surface area (Å²) in [6, 6.07) is 8.56. The lowest BCUT2D eigenvalue weighted by Crippen LogP contribution is -2.33. The Kier molecular flexibility index (Phi) is 4.70.